The van der Waals surface area contributed by atoms with Crippen LogP contribution >= 0.6 is 15.9 Å². The third-order valence-electron chi connectivity index (χ3n) is 2.95. The minimum Gasteiger partial charge on any atom is -0.298 e. The molecule has 0 amide bonds. The largest absolute Gasteiger partial charge is 0.298 e. The van der Waals surface area contributed by atoms with E-state index in [0.717, 1.165) is 22.0 Å². The number of hydrogen-bond donors (Lipinski definition) is 0. The molecule has 0 saturated heterocycles. The Morgan fingerprint density at radius 1 is 1.25 bits per heavy atom. The summed E-state index contributed by atoms with van der Waals surface area (Å²) >= 11 is 3.48. The molecule has 0 atom stereocenters. The highest BCUT2D eigenvalue weighted by molar-refractivity contribution is 9.10. The van der Waals surface area contributed by atoms with Crippen molar-refractivity contribution in [2.45, 2.75) is 0 Å². The zero-order chi connectivity index (χ0) is 14.1. The van der Waals surface area contributed by atoms with E-state index in [9.17, 15) is 4.79 Å². The highest BCUT2D eigenvalue weighted by Crippen LogP contribution is 2.25. The Morgan fingerprint density at radius 2 is 2.05 bits per heavy atom. The predicted octanol–water partition coefficient (Wildman–Crippen LogP) is 2.85. The lowest BCUT2D eigenvalue weighted by Crippen LogP contribution is -1.95. The first kappa shape index (κ1) is 12.8. The Labute approximate surface area is 124 Å². The van der Waals surface area contributed by atoms with Gasteiger partial charge in [0.25, 0.3) is 0 Å². The van der Waals surface area contributed by atoms with Crippen molar-refractivity contribution in [3.05, 3.63) is 52.9 Å². The molecule has 0 N–H and O–H groups in total. The van der Waals surface area contributed by atoms with Crippen LogP contribution in [0.2, 0.25) is 0 Å². The van der Waals surface area contributed by atoms with Crippen LogP contribution in [0.5, 0.6) is 0 Å². The number of aldehydes is 1. The fraction of sp³-hybridized carbons (Fsp3) is 0.0714. The van der Waals surface area contributed by atoms with Gasteiger partial charge in [-0.25, -0.2) is 4.68 Å². The Kier molecular flexibility index (Phi) is 3.23. The van der Waals surface area contributed by atoms with Gasteiger partial charge in [0, 0.05) is 29.5 Å². The maximum absolute atomic E-state index is 11.2. The normalized spacial score (nSPS) is 10.7. The van der Waals surface area contributed by atoms with Crippen LogP contribution in [0, 0.1) is 0 Å². The van der Waals surface area contributed by atoms with Gasteiger partial charge in [-0.1, -0.05) is 12.1 Å². The Bertz CT molecular complexity index is 775. The van der Waals surface area contributed by atoms with Crippen molar-refractivity contribution in [1.82, 2.24) is 19.6 Å². The van der Waals surface area contributed by atoms with E-state index in [0.29, 0.717) is 11.3 Å². The van der Waals surface area contributed by atoms with Crippen molar-refractivity contribution >= 4 is 22.2 Å². The van der Waals surface area contributed by atoms with Gasteiger partial charge in [-0.3, -0.25) is 9.48 Å². The lowest BCUT2D eigenvalue weighted by molar-refractivity contribution is 0.112. The minimum atomic E-state index is 0.536. The summed E-state index contributed by atoms with van der Waals surface area (Å²) < 4.78 is 4.29. The van der Waals surface area contributed by atoms with Gasteiger partial charge in [0.1, 0.15) is 5.69 Å². The second-order valence-electron chi connectivity index (χ2n) is 4.35. The smallest absolute Gasteiger partial charge is 0.153 e. The van der Waals surface area contributed by atoms with E-state index in [1.807, 2.05) is 37.5 Å². The third kappa shape index (κ3) is 2.18. The maximum Gasteiger partial charge on any atom is 0.153 e. The molecule has 0 aliphatic carbocycles. The Morgan fingerprint density at radius 3 is 2.70 bits per heavy atom. The molecule has 100 valence electrons. The third-order valence-corrected chi connectivity index (χ3v) is 3.62. The molecule has 0 radical (unpaired) electrons. The van der Waals surface area contributed by atoms with Crippen LogP contribution in [0.25, 0.3) is 16.9 Å². The predicted molar refractivity (Wildman–Crippen MR) is 78.9 cm³/mol. The Balaban J connectivity index is 2.14. The van der Waals surface area contributed by atoms with E-state index in [1.54, 1.807) is 21.8 Å². The van der Waals surface area contributed by atoms with E-state index in [2.05, 4.69) is 26.1 Å². The number of para-hydroxylation sites is 1. The van der Waals surface area contributed by atoms with Crippen LogP contribution in [0.4, 0.5) is 0 Å². The molecule has 0 unspecified atom stereocenters. The highest BCUT2D eigenvalue weighted by atomic mass is 79.9. The summed E-state index contributed by atoms with van der Waals surface area (Å²) in [5, 5.41) is 8.61. The van der Waals surface area contributed by atoms with Crippen molar-refractivity contribution in [2.75, 3.05) is 0 Å². The molecular weight excluding hydrogens is 320 g/mol. The second kappa shape index (κ2) is 5.05. The molecule has 0 bridgehead atoms. The van der Waals surface area contributed by atoms with Crippen molar-refractivity contribution in [3.8, 4) is 16.9 Å². The van der Waals surface area contributed by atoms with Crippen molar-refractivity contribution < 1.29 is 4.79 Å². The summed E-state index contributed by atoms with van der Waals surface area (Å²) in [5.74, 6) is 0. The number of nitrogens with zero attached hydrogens (tertiary/aromatic N) is 4. The summed E-state index contributed by atoms with van der Waals surface area (Å²) in [7, 11) is 1.83. The fourth-order valence-electron chi connectivity index (χ4n) is 2.00. The highest BCUT2D eigenvalue weighted by Gasteiger charge is 2.14. The first-order valence-corrected chi connectivity index (χ1v) is 6.77. The standard InChI is InChI=1S/C14H11BrN4O/c1-18-7-10(6-16-18)14-11(9-20)8-19(17-14)13-5-3-2-4-12(13)15/h2-9H,1H3. The molecule has 3 rings (SSSR count). The van der Waals surface area contributed by atoms with Gasteiger partial charge < -0.3 is 0 Å². The molecule has 0 fully saturated rings. The molecule has 0 aliphatic heterocycles. The van der Waals surface area contributed by atoms with E-state index in [1.165, 1.54) is 0 Å². The van der Waals surface area contributed by atoms with Crippen LogP contribution < -0.4 is 0 Å². The topological polar surface area (TPSA) is 52.7 Å². The van der Waals surface area contributed by atoms with Gasteiger partial charge in [0.2, 0.25) is 0 Å². The van der Waals surface area contributed by atoms with Crippen molar-refractivity contribution in [1.29, 1.82) is 0 Å². The zero-order valence-electron chi connectivity index (χ0n) is 10.7. The number of aryl methyl sites for hydroxylation is 1. The quantitative estimate of drug-likeness (QED) is 0.694. The monoisotopic (exact) mass is 330 g/mol. The number of benzene rings is 1. The Hall–Kier alpha value is -2.21. The average molecular weight is 331 g/mol. The van der Waals surface area contributed by atoms with Gasteiger partial charge in [-0.05, 0) is 28.1 Å². The molecule has 0 saturated carbocycles. The number of hydrogen-bond acceptors (Lipinski definition) is 3. The number of rotatable bonds is 3. The summed E-state index contributed by atoms with van der Waals surface area (Å²) in [6.45, 7) is 0. The van der Waals surface area contributed by atoms with E-state index in [4.69, 9.17) is 0 Å². The summed E-state index contributed by atoms with van der Waals surface area (Å²) in [4.78, 5) is 11.2. The van der Waals surface area contributed by atoms with E-state index < -0.39 is 0 Å². The summed E-state index contributed by atoms with van der Waals surface area (Å²) in [6.07, 6.45) is 6.05. The average Bonchev–Trinajstić information content (AvgIpc) is 3.05. The van der Waals surface area contributed by atoms with Gasteiger partial charge in [-0.15, -0.1) is 0 Å². The van der Waals surface area contributed by atoms with Crippen LogP contribution in [-0.4, -0.2) is 25.8 Å². The maximum atomic E-state index is 11.2. The van der Waals surface area contributed by atoms with Crippen molar-refractivity contribution in [3.63, 3.8) is 0 Å². The molecule has 3 aromatic rings. The molecule has 5 nitrogen and oxygen atoms in total. The van der Waals surface area contributed by atoms with Gasteiger partial charge in [0.05, 0.1) is 17.4 Å². The van der Waals surface area contributed by atoms with Crippen LogP contribution in [-0.2, 0) is 7.05 Å². The first-order chi connectivity index (χ1) is 9.69. The molecule has 2 aromatic heterocycles. The van der Waals surface area contributed by atoms with Crippen molar-refractivity contribution in [2.24, 2.45) is 7.05 Å². The summed E-state index contributed by atoms with van der Waals surface area (Å²) in [5.41, 5.74) is 2.86. The van der Waals surface area contributed by atoms with E-state index >= 15 is 0 Å². The van der Waals surface area contributed by atoms with Gasteiger partial charge >= 0.3 is 0 Å². The summed E-state index contributed by atoms with van der Waals surface area (Å²) in [6, 6.07) is 7.71. The first-order valence-electron chi connectivity index (χ1n) is 5.98. The zero-order valence-corrected chi connectivity index (χ0v) is 12.3. The number of carbonyl (C=O) groups excluding carboxylic acids is 1. The molecule has 0 spiro atoms. The molecule has 2 heterocycles. The molecular formula is C14H11BrN4O. The molecule has 1 aromatic carbocycles. The number of halogens is 1. The van der Waals surface area contributed by atoms with Crippen LogP contribution in [0.1, 0.15) is 10.4 Å². The number of carbonyl (C=O) groups is 1. The molecule has 6 heteroatoms. The lowest BCUT2D eigenvalue weighted by atomic mass is 10.2. The minimum absolute atomic E-state index is 0.536. The second-order valence-corrected chi connectivity index (χ2v) is 5.20. The SMILES string of the molecule is Cn1cc(-c2nn(-c3ccccc3Br)cc2C=O)cn1. The van der Waals surface area contributed by atoms with E-state index in [-0.39, 0.29) is 0 Å². The van der Waals surface area contributed by atoms with Crippen LogP contribution in [0.15, 0.2) is 47.3 Å². The van der Waals surface area contributed by atoms with Gasteiger partial charge in [-0.2, -0.15) is 10.2 Å². The fourth-order valence-corrected chi connectivity index (χ4v) is 2.47. The number of aromatic nitrogens is 4. The van der Waals surface area contributed by atoms with Gasteiger partial charge in [0.15, 0.2) is 6.29 Å². The molecule has 20 heavy (non-hydrogen) atoms. The molecule has 0 aliphatic rings. The lowest BCUT2D eigenvalue weighted by Gasteiger charge is -2.03. The van der Waals surface area contributed by atoms with Crippen LogP contribution in [0.3, 0.4) is 0 Å².